The molecule has 1 N–H and O–H groups in total. The van der Waals surface area contributed by atoms with Crippen LogP contribution in [-0.4, -0.2) is 25.9 Å². The second-order valence-electron chi connectivity index (χ2n) is 6.05. The fraction of sp³-hybridized carbons (Fsp3) is 0.316. The summed E-state index contributed by atoms with van der Waals surface area (Å²) in [7, 11) is 0. The number of carbonyl (C=O) groups excluding carboxylic acids is 1. The SMILES string of the molecule is CCn1c(S[C@@H](C)C(=O)NCc2ccc(F)cc2)nnc1-c1ccoc1C. The second-order valence-corrected chi connectivity index (χ2v) is 7.35. The molecule has 0 aliphatic heterocycles. The monoisotopic (exact) mass is 388 g/mol. The van der Waals surface area contributed by atoms with E-state index in [1.807, 2.05) is 31.4 Å². The molecule has 0 unspecified atom stereocenters. The highest BCUT2D eigenvalue weighted by Gasteiger charge is 2.21. The fourth-order valence-electron chi connectivity index (χ4n) is 2.62. The van der Waals surface area contributed by atoms with E-state index in [9.17, 15) is 9.18 Å². The van der Waals surface area contributed by atoms with E-state index in [1.165, 1.54) is 23.9 Å². The Kier molecular flexibility index (Phi) is 5.95. The van der Waals surface area contributed by atoms with Crippen LogP contribution in [0.25, 0.3) is 11.4 Å². The standard InChI is InChI=1S/C19H21FN4O2S/c1-4-24-17(16-9-10-26-12(16)2)22-23-19(24)27-13(3)18(25)21-11-14-5-7-15(20)8-6-14/h5-10,13H,4,11H2,1-3H3,(H,21,25)/t13-/m0/s1. The summed E-state index contributed by atoms with van der Waals surface area (Å²) in [6, 6.07) is 7.92. The number of hydrogen-bond acceptors (Lipinski definition) is 5. The Balaban J connectivity index is 1.65. The van der Waals surface area contributed by atoms with E-state index in [-0.39, 0.29) is 17.0 Å². The Morgan fingerprint density at radius 2 is 2.04 bits per heavy atom. The molecule has 27 heavy (non-hydrogen) atoms. The summed E-state index contributed by atoms with van der Waals surface area (Å²) in [4.78, 5) is 12.4. The first kappa shape index (κ1) is 19.2. The van der Waals surface area contributed by atoms with Crippen molar-refractivity contribution >= 4 is 17.7 Å². The van der Waals surface area contributed by atoms with Gasteiger partial charge in [-0.1, -0.05) is 23.9 Å². The molecule has 142 valence electrons. The first-order valence-corrected chi connectivity index (χ1v) is 9.54. The molecule has 0 spiro atoms. The highest BCUT2D eigenvalue weighted by molar-refractivity contribution is 8.00. The Labute approximate surface area is 161 Å². The number of nitrogens with one attached hydrogen (secondary N) is 1. The van der Waals surface area contributed by atoms with Gasteiger partial charge in [0.2, 0.25) is 5.91 Å². The van der Waals surface area contributed by atoms with Gasteiger partial charge >= 0.3 is 0 Å². The predicted molar refractivity (Wildman–Crippen MR) is 102 cm³/mol. The maximum atomic E-state index is 12.9. The van der Waals surface area contributed by atoms with E-state index in [0.717, 1.165) is 22.7 Å². The third-order valence-electron chi connectivity index (χ3n) is 4.16. The molecule has 6 nitrogen and oxygen atoms in total. The normalized spacial score (nSPS) is 12.1. The zero-order valence-corrected chi connectivity index (χ0v) is 16.2. The van der Waals surface area contributed by atoms with Gasteiger partial charge in [-0.25, -0.2) is 4.39 Å². The van der Waals surface area contributed by atoms with Crippen LogP contribution < -0.4 is 5.32 Å². The molecular formula is C19H21FN4O2S. The van der Waals surface area contributed by atoms with Gasteiger partial charge in [-0.3, -0.25) is 4.79 Å². The molecule has 8 heteroatoms. The molecule has 1 aromatic carbocycles. The molecule has 0 saturated heterocycles. The van der Waals surface area contributed by atoms with Crippen LogP contribution in [0.4, 0.5) is 4.39 Å². The van der Waals surface area contributed by atoms with Crippen LogP contribution >= 0.6 is 11.8 Å². The summed E-state index contributed by atoms with van der Waals surface area (Å²) >= 11 is 1.35. The van der Waals surface area contributed by atoms with Crippen LogP contribution in [0.15, 0.2) is 46.2 Å². The summed E-state index contributed by atoms with van der Waals surface area (Å²) in [5.74, 6) is 1.09. The van der Waals surface area contributed by atoms with Crippen molar-refractivity contribution in [1.29, 1.82) is 0 Å². The van der Waals surface area contributed by atoms with E-state index < -0.39 is 0 Å². The van der Waals surface area contributed by atoms with Crippen molar-refractivity contribution in [3.05, 3.63) is 53.7 Å². The molecule has 0 radical (unpaired) electrons. The van der Waals surface area contributed by atoms with Crippen molar-refractivity contribution in [2.75, 3.05) is 0 Å². The summed E-state index contributed by atoms with van der Waals surface area (Å²) in [6.45, 7) is 6.74. The van der Waals surface area contributed by atoms with Gasteiger partial charge < -0.3 is 14.3 Å². The highest BCUT2D eigenvalue weighted by Crippen LogP contribution is 2.28. The van der Waals surface area contributed by atoms with Gasteiger partial charge in [0.25, 0.3) is 0 Å². The Morgan fingerprint density at radius 1 is 1.30 bits per heavy atom. The lowest BCUT2D eigenvalue weighted by Gasteiger charge is -2.12. The number of rotatable bonds is 7. The van der Waals surface area contributed by atoms with Gasteiger partial charge in [-0.05, 0) is 44.5 Å². The van der Waals surface area contributed by atoms with E-state index in [1.54, 1.807) is 18.4 Å². The minimum Gasteiger partial charge on any atom is -0.469 e. The number of aromatic nitrogens is 3. The van der Waals surface area contributed by atoms with Gasteiger partial charge in [-0.15, -0.1) is 10.2 Å². The minimum absolute atomic E-state index is 0.115. The van der Waals surface area contributed by atoms with Crippen LogP contribution in [-0.2, 0) is 17.9 Å². The van der Waals surface area contributed by atoms with Gasteiger partial charge in [0.05, 0.1) is 17.1 Å². The molecule has 3 rings (SSSR count). The maximum absolute atomic E-state index is 12.9. The Morgan fingerprint density at radius 3 is 2.67 bits per heavy atom. The van der Waals surface area contributed by atoms with E-state index >= 15 is 0 Å². The van der Waals surface area contributed by atoms with Crippen LogP contribution in [0, 0.1) is 12.7 Å². The molecular weight excluding hydrogens is 367 g/mol. The maximum Gasteiger partial charge on any atom is 0.233 e. The molecule has 2 aromatic heterocycles. The van der Waals surface area contributed by atoms with Crippen molar-refractivity contribution in [3.8, 4) is 11.4 Å². The van der Waals surface area contributed by atoms with Gasteiger partial charge in [0.1, 0.15) is 11.6 Å². The van der Waals surface area contributed by atoms with Crippen molar-refractivity contribution in [1.82, 2.24) is 20.1 Å². The lowest BCUT2D eigenvalue weighted by molar-refractivity contribution is -0.120. The van der Waals surface area contributed by atoms with E-state index in [2.05, 4.69) is 15.5 Å². The third-order valence-corrected chi connectivity index (χ3v) is 5.24. The van der Waals surface area contributed by atoms with Crippen molar-refractivity contribution in [3.63, 3.8) is 0 Å². The van der Waals surface area contributed by atoms with E-state index in [0.29, 0.717) is 18.2 Å². The quantitative estimate of drug-likeness (QED) is 0.623. The van der Waals surface area contributed by atoms with Crippen LogP contribution in [0.3, 0.4) is 0 Å². The number of thioether (sulfide) groups is 1. The summed E-state index contributed by atoms with van der Waals surface area (Å²) in [5.41, 5.74) is 1.74. The number of aryl methyl sites for hydroxylation is 1. The molecule has 0 saturated carbocycles. The topological polar surface area (TPSA) is 73.0 Å². The molecule has 1 amide bonds. The van der Waals surface area contributed by atoms with Crippen LogP contribution in [0.1, 0.15) is 25.2 Å². The number of halogens is 1. The van der Waals surface area contributed by atoms with Crippen molar-refractivity contribution in [2.24, 2.45) is 0 Å². The molecule has 0 bridgehead atoms. The average Bonchev–Trinajstić information content (AvgIpc) is 3.26. The number of amides is 1. The molecule has 0 aliphatic carbocycles. The van der Waals surface area contributed by atoms with Crippen LogP contribution in [0.5, 0.6) is 0 Å². The second kappa shape index (κ2) is 8.39. The number of benzene rings is 1. The Bertz CT molecular complexity index is 920. The predicted octanol–water partition coefficient (Wildman–Crippen LogP) is 3.80. The molecule has 1 atom stereocenters. The molecule has 0 fully saturated rings. The first-order valence-electron chi connectivity index (χ1n) is 8.66. The molecule has 0 aliphatic rings. The number of hydrogen-bond donors (Lipinski definition) is 1. The zero-order chi connectivity index (χ0) is 19.4. The van der Waals surface area contributed by atoms with E-state index in [4.69, 9.17) is 4.42 Å². The summed E-state index contributed by atoms with van der Waals surface area (Å²) < 4.78 is 20.3. The molecule has 2 heterocycles. The summed E-state index contributed by atoms with van der Waals surface area (Å²) in [6.07, 6.45) is 1.62. The van der Waals surface area contributed by atoms with Crippen molar-refractivity contribution in [2.45, 2.75) is 44.3 Å². The smallest absolute Gasteiger partial charge is 0.233 e. The number of carbonyl (C=O) groups is 1. The van der Waals surface area contributed by atoms with Crippen LogP contribution in [0.2, 0.25) is 0 Å². The van der Waals surface area contributed by atoms with Gasteiger partial charge in [0, 0.05) is 13.1 Å². The fourth-order valence-corrected chi connectivity index (χ4v) is 3.56. The minimum atomic E-state index is -0.349. The number of nitrogens with zero attached hydrogens (tertiary/aromatic N) is 3. The largest absolute Gasteiger partial charge is 0.469 e. The molecule has 3 aromatic rings. The average molecular weight is 388 g/mol. The van der Waals surface area contributed by atoms with Crippen molar-refractivity contribution < 1.29 is 13.6 Å². The highest BCUT2D eigenvalue weighted by atomic mass is 32.2. The van der Waals surface area contributed by atoms with Gasteiger partial charge in [0.15, 0.2) is 11.0 Å². The Hall–Kier alpha value is -2.61. The lowest BCUT2D eigenvalue weighted by Crippen LogP contribution is -2.30. The summed E-state index contributed by atoms with van der Waals surface area (Å²) in [5, 5.41) is 11.7. The first-order chi connectivity index (χ1) is 13.0. The van der Waals surface area contributed by atoms with Gasteiger partial charge in [-0.2, -0.15) is 0 Å². The number of furan rings is 1. The lowest BCUT2D eigenvalue weighted by atomic mass is 10.2. The third kappa shape index (κ3) is 4.39. The zero-order valence-electron chi connectivity index (χ0n) is 15.4.